The van der Waals surface area contributed by atoms with E-state index in [4.69, 9.17) is 12.2 Å². The number of alkyl halides is 5. The van der Waals surface area contributed by atoms with Crippen molar-refractivity contribution in [2.45, 2.75) is 51.8 Å². The number of rotatable bonds is 8. The zero-order chi connectivity index (χ0) is 28.3. The molecule has 0 aliphatic heterocycles. The van der Waals surface area contributed by atoms with E-state index in [2.05, 4.69) is 45.4 Å². The molecule has 0 amide bonds. The highest BCUT2D eigenvalue weighted by Crippen LogP contribution is 2.37. The zero-order valence-corrected chi connectivity index (χ0v) is 22.2. The quantitative estimate of drug-likeness (QED) is 0.224. The molecule has 0 radical (unpaired) electrons. The number of para-hydroxylation sites is 1. The lowest BCUT2D eigenvalue weighted by molar-refractivity contribution is -0.360. The van der Waals surface area contributed by atoms with Gasteiger partial charge < -0.3 is 15.4 Å². The fourth-order valence-corrected chi connectivity index (χ4v) is 3.11. The van der Waals surface area contributed by atoms with Crippen LogP contribution in [0.2, 0.25) is 0 Å². The van der Waals surface area contributed by atoms with Crippen molar-refractivity contribution in [2.75, 3.05) is 12.4 Å². The third-order valence-electron chi connectivity index (χ3n) is 4.97. The molecule has 38 heavy (non-hydrogen) atoms. The van der Waals surface area contributed by atoms with Gasteiger partial charge in [-0.25, -0.2) is 9.67 Å². The second kappa shape index (κ2) is 13.8. The highest BCUT2D eigenvalue weighted by atomic mass is 32.1. The predicted molar refractivity (Wildman–Crippen MR) is 143 cm³/mol. The molecule has 0 aliphatic carbocycles. The van der Waals surface area contributed by atoms with Gasteiger partial charge in [-0.1, -0.05) is 51.5 Å². The molecule has 1 aromatic heterocycles. The molecule has 6 nitrogen and oxygen atoms in total. The molecule has 0 atom stereocenters. The molecule has 0 aliphatic rings. The molecule has 0 unspecified atom stereocenters. The van der Waals surface area contributed by atoms with Gasteiger partial charge in [0.05, 0.1) is 5.69 Å². The van der Waals surface area contributed by atoms with Gasteiger partial charge in [0, 0.05) is 12.7 Å². The second-order valence-corrected chi connectivity index (χ2v) is 8.70. The van der Waals surface area contributed by atoms with Crippen LogP contribution in [0.4, 0.5) is 27.6 Å². The zero-order valence-electron chi connectivity index (χ0n) is 21.4. The molecule has 3 aromatic rings. The minimum atomic E-state index is -5.78. The maximum Gasteiger partial charge on any atom is 0.499 e. The van der Waals surface area contributed by atoms with Crippen LogP contribution >= 0.6 is 12.2 Å². The predicted octanol–water partition coefficient (Wildman–Crippen LogP) is 7.34. The van der Waals surface area contributed by atoms with E-state index < -0.39 is 18.0 Å². The van der Waals surface area contributed by atoms with Crippen LogP contribution in [0.1, 0.15) is 50.9 Å². The van der Waals surface area contributed by atoms with Gasteiger partial charge in [0.15, 0.2) is 10.9 Å². The van der Waals surface area contributed by atoms with Crippen LogP contribution < -0.4 is 15.4 Å². The SMILES string of the molecule is CCC/C=C/c1ncn(-c2ccc(OC(F)(F)C(F)(F)F)cc2)n1.CNC(=S)Nc1ccccc1C(C)C. The summed E-state index contributed by atoms with van der Waals surface area (Å²) in [5, 5.41) is 10.9. The third kappa shape index (κ3) is 9.09. The van der Waals surface area contributed by atoms with Crippen molar-refractivity contribution in [1.29, 1.82) is 0 Å². The Morgan fingerprint density at radius 2 is 1.74 bits per heavy atom. The van der Waals surface area contributed by atoms with Gasteiger partial charge in [-0.2, -0.15) is 22.0 Å². The maximum absolute atomic E-state index is 12.8. The summed E-state index contributed by atoms with van der Waals surface area (Å²) in [6.45, 7) is 6.37. The number of benzene rings is 2. The minimum Gasteiger partial charge on any atom is -0.426 e. The molecule has 206 valence electrons. The van der Waals surface area contributed by atoms with Gasteiger partial charge >= 0.3 is 12.3 Å². The van der Waals surface area contributed by atoms with E-state index >= 15 is 0 Å². The van der Waals surface area contributed by atoms with Gasteiger partial charge in [-0.3, -0.25) is 0 Å². The number of hydrogen-bond donors (Lipinski definition) is 2. The van der Waals surface area contributed by atoms with Crippen LogP contribution in [0.5, 0.6) is 5.75 Å². The Balaban J connectivity index is 0.000000308. The first-order chi connectivity index (χ1) is 17.9. The lowest BCUT2D eigenvalue weighted by Gasteiger charge is -2.20. The van der Waals surface area contributed by atoms with E-state index in [1.54, 1.807) is 6.08 Å². The standard InChI is InChI=1S/C15H14F5N3O.C11H16N2S/c1-2-3-4-5-13-21-10-23(22-13)11-6-8-12(9-7-11)24-15(19,20)14(16,17)18;1-8(2)9-6-4-5-7-10(9)13-11(14)12-3/h4-10H,2-3H2,1H3;4-8H,1-3H3,(H2,12,13,14)/b5-4+;. The van der Waals surface area contributed by atoms with Gasteiger partial charge in [-0.05, 0) is 66.5 Å². The number of aromatic nitrogens is 3. The van der Waals surface area contributed by atoms with E-state index in [9.17, 15) is 22.0 Å². The monoisotopic (exact) mass is 555 g/mol. The fourth-order valence-electron chi connectivity index (χ4n) is 3.00. The van der Waals surface area contributed by atoms with Crippen molar-refractivity contribution in [3.8, 4) is 11.4 Å². The summed E-state index contributed by atoms with van der Waals surface area (Å²) >= 11 is 5.06. The van der Waals surface area contributed by atoms with Crippen LogP contribution in [0.25, 0.3) is 11.8 Å². The average molecular weight is 556 g/mol. The Kier molecular flexibility index (Phi) is 11.2. The number of ether oxygens (including phenoxy) is 1. The van der Waals surface area contributed by atoms with E-state index in [1.165, 1.54) is 28.7 Å². The molecule has 2 N–H and O–H groups in total. The van der Waals surface area contributed by atoms with E-state index in [0.717, 1.165) is 30.7 Å². The first-order valence-corrected chi connectivity index (χ1v) is 12.2. The topological polar surface area (TPSA) is 64.0 Å². The highest BCUT2D eigenvalue weighted by Gasteiger charge is 2.61. The fraction of sp³-hybridized carbons (Fsp3) is 0.346. The first-order valence-electron chi connectivity index (χ1n) is 11.8. The number of allylic oxidation sites excluding steroid dienone is 1. The number of thiocarbonyl (C=S) groups is 1. The highest BCUT2D eigenvalue weighted by molar-refractivity contribution is 7.80. The minimum absolute atomic E-state index is 0.445. The molecule has 2 aromatic carbocycles. The summed E-state index contributed by atoms with van der Waals surface area (Å²) in [6, 6.07) is 12.8. The smallest absolute Gasteiger partial charge is 0.426 e. The first kappa shape index (κ1) is 30.7. The molecule has 0 fully saturated rings. The lowest BCUT2D eigenvalue weighted by Crippen LogP contribution is -2.41. The van der Waals surface area contributed by atoms with Crippen molar-refractivity contribution in [3.63, 3.8) is 0 Å². The summed E-state index contributed by atoms with van der Waals surface area (Å²) in [5.74, 6) is 0.356. The Bertz CT molecular complexity index is 1190. The molecule has 0 saturated heterocycles. The summed E-state index contributed by atoms with van der Waals surface area (Å²) < 4.78 is 67.0. The number of nitrogens with zero attached hydrogens (tertiary/aromatic N) is 3. The van der Waals surface area contributed by atoms with Crippen molar-refractivity contribution in [3.05, 3.63) is 72.3 Å². The van der Waals surface area contributed by atoms with E-state index in [0.29, 0.717) is 22.5 Å². The molecule has 3 rings (SSSR count). The third-order valence-corrected chi connectivity index (χ3v) is 5.27. The molecule has 0 spiro atoms. The molecule has 12 heteroatoms. The van der Waals surface area contributed by atoms with Crippen molar-refractivity contribution in [1.82, 2.24) is 20.1 Å². The maximum atomic E-state index is 12.8. The molecule has 0 bridgehead atoms. The summed E-state index contributed by atoms with van der Waals surface area (Å²) in [4.78, 5) is 4.04. The second-order valence-electron chi connectivity index (χ2n) is 8.29. The Morgan fingerprint density at radius 1 is 1.08 bits per heavy atom. The van der Waals surface area contributed by atoms with E-state index in [-0.39, 0.29) is 0 Å². The van der Waals surface area contributed by atoms with Crippen LogP contribution in [-0.4, -0.2) is 39.2 Å². The average Bonchev–Trinajstić information content (AvgIpc) is 3.33. The van der Waals surface area contributed by atoms with Gasteiger partial charge in [0.1, 0.15) is 12.1 Å². The number of anilines is 1. The van der Waals surface area contributed by atoms with Gasteiger partial charge in [0.25, 0.3) is 0 Å². The Morgan fingerprint density at radius 3 is 2.32 bits per heavy atom. The van der Waals surface area contributed by atoms with Crippen LogP contribution in [-0.2, 0) is 0 Å². The number of unbranched alkanes of at least 4 members (excludes halogenated alkanes) is 1. The summed E-state index contributed by atoms with van der Waals surface area (Å²) in [7, 11) is 1.81. The van der Waals surface area contributed by atoms with E-state index in [1.807, 2.05) is 38.2 Å². The normalized spacial score (nSPS) is 11.7. The lowest BCUT2D eigenvalue weighted by atomic mass is 10.0. The number of hydrogen-bond acceptors (Lipinski definition) is 4. The van der Waals surface area contributed by atoms with Gasteiger partial charge in [0.2, 0.25) is 0 Å². The largest absolute Gasteiger partial charge is 0.499 e. The Hall–Kier alpha value is -3.54. The molecular weight excluding hydrogens is 525 g/mol. The van der Waals surface area contributed by atoms with Crippen LogP contribution in [0.3, 0.4) is 0 Å². The van der Waals surface area contributed by atoms with Crippen LogP contribution in [0, 0.1) is 0 Å². The van der Waals surface area contributed by atoms with Crippen LogP contribution in [0.15, 0.2) is 60.9 Å². The number of nitrogens with one attached hydrogen (secondary N) is 2. The summed E-state index contributed by atoms with van der Waals surface area (Å²) in [6.07, 6.45) is -4.10. The van der Waals surface area contributed by atoms with Gasteiger partial charge in [-0.15, -0.1) is 5.10 Å². The van der Waals surface area contributed by atoms with Crippen molar-refractivity contribution in [2.24, 2.45) is 0 Å². The summed E-state index contributed by atoms with van der Waals surface area (Å²) in [5.41, 5.74) is 2.81. The molecule has 1 heterocycles. The Labute approximate surface area is 223 Å². The van der Waals surface area contributed by atoms with Crippen molar-refractivity contribution >= 4 is 29.1 Å². The number of halogens is 5. The molecule has 0 saturated carbocycles. The van der Waals surface area contributed by atoms with Crippen molar-refractivity contribution < 1.29 is 26.7 Å². The molecular formula is C26H30F5N5OS.